The Morgan fingerprint density at radius 1 is 0.673 bits per heavy atom. The summed E-state index contributed by atoms with van der Waals surface area (Å²) in [6, 6.07) is 28.1. The molecule has 1 radical (unpaired) electrons. The van der Waals surface area contributed by atoms with Gasteiger partial charge in [-0.25, -0.2) is 5.26 Å². The summed E-state index contributed by atoms with van der Waals surface area (Å²) in [5.74, 6) is 1.39. The van der Waals surface area contributed by atoms with Crippen molar-refractivity contribution in [1.29, 1.82) is 0 Å². The molecule has 6 rings (SSSR count). The second-order valence-electron chi connectivity index (χ2n) is 10.4. The Morgan fingerprint density at radius 2 is 1.17 bits per heavy atom. The summed E-state index contributed by atoms with van der Waals surface area (Å²) in [6.07, 6.45) is 5.59. The van der Waals surface area contributed by atoms with Gasteiger partial charge in [-0.1, -0.05) is 65.7 Å². The van der Waals surface area contributed by atoms with Gasteiger partial charge in [-0.2, -0.15) is 23.4 Å². The minimum absolute atomic E-state index is 0. The van der Waals surface area contributed by atoms with Crippen LogP contribution in [0.15, 0.2) is 107 Å². The van der Waals surface area contributed by atoms with E-state index in [9.17, 15) is 13.0 Å². The predicted octanol–water partition coefficient (Wildman–Crippen LogP) is 6.98. The molecule has 0 aliphatic rings. The number of nitrogens with zero attached hydrogens (tertiary/aromatic N) is 6. The average molecular weight is 813 g/mol. The number of aromatic nitrogens is 6. The van der Waals surface area contributed by atoms with Crippen molar-refractivity contribution in [2.75, 3.05) is 21.3 Å². The number of hydrogen-bond acceptors (Lipinski definition) is 16. The van der Waals surface area contributed by atoms with Crippen LogP contribution in [0.5, 0.6) is 0 Å². The quantitative estimate of drug-likeness (QED) is 0.0163. The smallest absolute Gasteiger partial charge is 0.295 e. The molecule has 6 aromatic rings. The van der Waals surface area contributed by atoms with Gasteiger partial charge in [0.05, 0.1) is 12.0 Å². The van der Waals surface area contributed by atoms with Gasteiger partial charge in [0.1, 0.15) is 22.6 Å². The molecule has 0 spiro atoms. The van der Waals surface area contributed by atoms with Gasteiger partial charge in [-0.05, 0) is 66.6 Å². The monoisotopic (exact) mass is 812 g/mol. The number of para-hydroxylation sites is 2. The Morgan fingerprint density at radius 3 is 1.77 bits per heavy atom. The van der Waals surface area contributed by atoms with Crippen LogP contribution >= 0.6 is 12.0 Å². The van der Waals surface area contributed by atoms with E-state index in [-0.39, 0.29) is 66.7 Å². The zero-order valence-electron chi connectivity index (χ0n) is 27.0. The molecule has 0 unspecified atom stereocenters. The van der Waals surface area contributed by atoms with Gasteiger partial charge in [0.25, 0.3) is 10.1 Å². The molecule has 2 aromatic heterocycles. The van der Waals surface area contributed by atoms with Crippen LogP contribution in [0.4, 0.5) is 46.5 Å². The minimum atomic E-state index is -4.68. The summed E-state index contributed by atoms with van der Waals surface area (Å²) < 4.78 is 39.7. The minimum Gasteiger partial charge on any atom is -0.378 e. The number of benzene rings is 4. The maximum Gasteiger partial charge on any atom is 0.295 e. The van der Waals surface area contributed by atoms with Gasteiger partial charge < -0.3 is 36.2 Å². The van der Waals surface area contributed by atoms with Crippen molar-refractivity contribution in [3.63, 3.8) is 0 Å². The van der Waals surface area contributed by atoms with Gasteiger partial charge in [0, 0.05) is 66.7 Å². The fraction of sp³-hybridized carbons (Fsp3) is 0.0303. The summed E-state index contributed by atoms with van der Waals surface area (Å²) in [5.41, 5.74) is 3.11. The van der Waals surface area contributed by atoms with Crippen LogP contribution in [0.1, 0.15) is 17.0 Å². The van der Waals surface area contributed by atoms with Crippen LogP contribution in [0.25, 0.3) is 12.2 Å². The van der Waals surface area contributed by atoms with E-state index in [4.69, 9.17) is 9.59 Å². The van der Waals surface area contributed by atoms with Crippen molar-refractivity contribution in [3.8, 4) is 0 Å². The molecular formula is C33H27N10O6S2Y-. The molecule has 0 saturated heterocycles. The fourth-order valence-electron chi connectivity index (χ4n) is 4.56. The Labute approximate surface area is 327 Å². The molecule has 0 amide bonds. The van der Waals surface area contributed by atoms with Crippen molar-refractivity contribution in [3.05, 3.63) is 120 Å². The molecule has 0 atom stereocenters. The molecule has 261 valence electrons. The second-order valence-corrected chi connectivity index (χ2v) is 12.5. The first-order valence-electron chi connectivity index (χ1n) is 14.8. The van der Waals surface area contributed by atoms with Crippen LogP contribution in [0, 0.1) is 13.3 Å². The summed E-state index contributed by atoms with van der Waals surface area (Å²) in [7, 11) is -4.68. The molecule has 0 aliphatic carbocycles. The first-order valence-corrected chi connectivity index (χ1v) is 17.0. The number of anilines is 8. The molecule has 0 fully saturated rings. The Kier molecular flexibility index (Phi) is 13.3. The van der Waals surface area contributed by atoms with Crippen LogP contribution in [-0.2, 0) is 52.2 Å². The molecule has 6 N–H and O–H groups in total. The molecular weight excluding hydrogens is 785 g/mol. The van der Waals surface area contributed by atoms with E-state index in [0.29, 0.717) is 40.0 Å². The van der Waals surface area contributed by atoms with E-state index >= 15 is 0 Å². The van der Waals surface area contributed by atoms with E-state index < -0.39 is 10.1 Å². The predicted molar refractivity (Wildman–Crippen MR) is 192 cm³/mol. The number of nitrogens with one attached hydrogen (secondary N) is 4. The van der Waals surface area contributed by atoms with Gasteiger partial charge in [-0.3, -0.25) is 4.55 Å². The Hall–Kier alpha value is -4.92. The zero-order valence-corrected chi connectivity index (χ0v) is 31.5. The summed E-state index contributed by atoms with van der Waals surface area (Å²) >= 11 is 0.696. The molecule has 0 aliphatic heterocycles. The van der Waals surface area contributed by atoms with Gasteiger partial charge in [0.2, 0.25) is 11.9 Å². The van der Waals surface area contributed by atoms with E-state index in [2.05, 4.69) is 62.5 Å². The van der Waals surface area contributed by atoms with Gasteiger partial charge >= 0.3 is 0 Å². The van der Waals surface area contributed by atoms with Crippen LogP contribution in [0.3, 0.4) is 0 Å². The van der Waals surface area contributed by atoms with Crippen molar-refractivity contribution >= 4 is 80.9 Å². The van der Waals surface area contributed by atoms with Crippen molar-refractivity contribution in [1.82, 2.24) is 29.9 Å². The van der Waals surface area contributed by atoms with Crippen molar-refractivity contribution < 1.29 is 60.3 Å². The standard InChI is InChI=1S/C33H27N10O6S2.Y/c1-21-36-32(39-25-10-6-3-7-11-25)43-33(37-21)41-26-16-14-22(28(18-26)50-49-48-44)12-13-23-15-17-27(19-29(23)51(45,46)47)40-31-35-20-34-30(42-31)38-24-8-4-2-5-9-24;/h2-19,44H,1H3,(H,45,46,47)(H2,34,35,38,40,42)(H2,36,37,39,41,43);/q-1;/b13-12+;. The second kappa shape index (κ2) is 18.0. The summed E-state index contributed by atoms with van der Waals surface area (Å²) in [4.78, 5) is 25.4. The SMILES string of the molecule is Cc1nc(Nc2ccccc2)nc(Nc2ccc(/C=C/c3ccc(Nc4n[c-]nc(Nc5ccccc5)n4)cc3S(=O)(=O)O)c(SOOO)c2)n1.[Y]. The van der Waals surface area contributed by atoms with Gasteiger partial charge in [0.15, 0.2) is 0 Å². The Bertz CT molecular complexity index is 2270. The van der Waals surface area contributed by atoms with Crippen LogP contribution in [-0.4, -0.2) is 48.1 Å². The van der Waals surface area contributed by atoms with E-state index in [1.807, 2.05) is 60.7 Å². The fourth-order valence-corrected chi connectivity index (χ4v) is 5.78. The topological polar surface area (TPSA) is 219 Å². The third kappa shape index (κ3) is 10.8. The van der Waals surface area contributed by atoms with Crippen molar-refractivity contribution in [2.24, 2.45) is 0 Å². The molecule has 0 saturated carbocycles. The number of hydrogen-bond donors (Lipinski definition) is 6. The molecule has 0 bridgehead atoms. The maximum atomic E-state index is 12.4. The van der Waals surface area contributed by atoms with Gasteiger partial charge in [-0.15, -0.1) is 4.33 Å². The Balaban J connectivity index is 0.00000523. The molecule has 19 heteroatoms. The molecule has 52 heavy (non-hydrogen) atoms. The third-order valence-electron chi connectivity index (χ3n) is 6.74. The van der Waals surface area contributed by atoms with E-state index in [0.717, 1.165) is 11.4 Å². The van der Waals surface area contributed by atoms with Crippen LogP contribution in [0.2, 0.25) is 0 Å². The molecule has 16 nitrogen and oxygen atoms in total. The zero-order chi connectivity index (χ0) is 35.6. The number of aryl methyl sites for hydroxylation is 1. The first-order chi connectivity index (χ1) is 24.7. The normalized spacial score (nSPS) is 11.1. The molecule has 4 aromatic carbocycles. The maximum absolute atomic E-state index is 12.4. The molecule has 2 heterocycles. The van der Waals surface area contributed by atoms with E-state index in [1.54, 1.807) is 37.3 Å². The van der Waals surface area contributed by atoms with Crippen molar-refractivity contribution in [2.45, 2.75) is 16.7 Å². The third-order valence-corrected chi connectivity index (χ3v) is 8.32. The number of rotatable bonds is 14. The van der Waals surface area contributed by atoms with Crippen LogP contribution < -0.4 is 21.3 Å². The van der Waals surface area contributed by atoms with E-state index in [1.165, 1.54) is 18.2 Å². The summed E-state index contributed by atoms with van der Waals surface area (Å²) in [5, 5.41) is 24.8. The first kappa shape index (κ1) is 38.3. The largest absolute Gasteiger partial charge is 0.378 e. The summed E-state index contributed by atoms with van der Waals surface area (Å²) in [6.45, 7) is 1.74. The average Bonchev–Trinajstić information content (AvgIpc) is 3.11.